The minimum atomic E-state index is -0.219. The summed E-state index contributed by atoms with van der Waals surface area (Å²) in [7, 11) is 3.99. The van der Waals surface area contributed by atoms with Crippen molar-refractivity contribution in [1.29, 1.82) is 0 Å². The lowest BCUT2D eigenvalue weighted by Gasteiger charge is -2.24. The van der Waals surface area contributed by atoms with Gasteiger partial charge in [0, 0.05) is 26.2 Å². The SMILES string of the molecule is CN(C)C[C@H](O)CN1CCCNCC1. The van der Waals surface area contributed by atoms with E-state index in [9.17, 15) is 5.11 Å². The van der Waals surface area contributed by atoms with Crippen molar-refractivity contribution in [3.8, 4) is 0 Å². The van der Waals surface area contributed by atoms with E-state index in [-0.39, 0.29) is 6.10 Å². The topological polar surface area (TPSA) is 38.7 Å². The van der Waals surface area contributed by atoms with Gasteiger partial charge in [-0.15, -0.1) is 0 Å². The Morgan fingerprint density at radius 2 is 2.14 bits per heavy atom. The van der Waals surface area contributed by atoms with Crippen LogP contribution < -0.4 is 5.32 Å². The zero-order valence-corrected chi connectivity index (χ0v) is 9.37. The maximum Gasteiger partial charge on any atom is 0.0793 e. The molecule has 0 saturated carbocycles. The summed E-state index contributed by atoms with van der Waals surface area (Å²) < 4.78 is 0. The van der Waals surface area contributed by atoms with Gasteiger partial charge >= 0.3 is 0 Å². The second kappa shape index (κ2) is 6.35. The number of hydrogen-bond acceptors (Lipinski definition) is 4. The fraction of sp³-hybridized carbons (Fsp3) is 1.00. The normalized spacial score (nSPS) is 22.3. The van der Waals surface area contributed by atoms with E-state index in [0.29, 0.717) is 0 Å². The molecule has 1 fully saturated rings. The maximum atomic E-state index is 9.76. The molecule has 1 saturated heterocycles. The highest BCUT2D eigenvalue weighted by atomic mass is 16.3. The molecule has 0 aromatic rings. The lowest BCUT2D eigenvalue weighted by atomic mass is 10.3. The first-order chi connectivity index (χ1) is 6.68. The highest BCUT2D eigenvalue weighted by Gasteiger charge is 2.13. The van der Waals surface area contributed by atoms with E-state index in [2.05, 4.69) is 10.2 Å². The van der Waals surface area contributed by atoms with Crippen molar-refractivity contribution in [2.45, 2.75) is 12.5 Å². The first kappa shape index (κ1) is 11.9. The number of aliphatic hydroxyl groups excluding tert-OH is 1. The molecule has 0 aromatic heterocycles. The minimum absolute atomic E-state index is 0.219. The number of rotatable bonds is 4. The lowest BCUT2D eigenvalue weighted by molar-refractivity contribution is 0.0913. The summed E-state index contributed by atoms with van der Waals surface area (Å²) in [5.41, 5.74) is 0. The Labute approximate surface area is 86.9 Å². The summed E-state index contributed by atoms with van der Waals surface area (Å²) in [4.78, 5) is 4.37. The maximum absolute atomic E-state index is 9.76. The van der Waals surface area contributed by atoms with Crippen molar-refractivity contribution < 1.29 is 5.11 Å². The van der Waals surface area contributed by atoms with Crippen LogP contribution >= 0.6 is 0 Å². The number of nitrogens with zero attached hydrogens (tertiary/aromatic N) is 2. The highest BCUT2D eigenvalue weighted by molar-refractivity contribution is 4.70. The standard InChI is InChI=1S/C10H23N3O/c1-12(2)8-10(14)9-13-6-3-4-11-5-7-13/h10-11,14H,3-9H2,1-2H3/t10-/m0/s1. The van der Waals surface area contributed by atoms with Gasteiger partial charge in [-0.05, 0) is 33.6 Å². The van der Waals surface area contributed by atoms with Crippen LogP contribution in [0.1, 0.15) is 6.42 Å². The van der Waals surface area contributed by atoms with Gasteiger partial charge in [0.05, 0.1) is 6.10 Å². The molecule has 84 valence electrons. The molecule has 1 heterocycles. The molecule has 2 N–H and O–H groups in total. The number of likely N-dealkylation sites (N-methyl/N-ethyl adjacent to an activating group) is 1. The molecule has 0 aromatic carbocycles. The third-order valence-corrected chi connectivity index (χ3v) is 2.48. The molecule has 1 atom stereocenters. The Hall–Kier alpha value is -0.160. The third-order valence-electron chi connectivity index (χ3n) is 2.48. The van der Waals surface area contributed by atoms with Crippen LogP contribution in [0.15, 0.2) is 0 Å². The fourth-order valence-corrected chi connectivity index (χ4v) is 1.86. The van der Waals surface area contributed by atoms with Crippen molar-refractivity contribution in [2.75, 3.05) is 53.4 Å². The molecular formula is C10H23N3O. The highest BCUT2D eigenvalue weighted by Crippen LogP contribution is 1.98. The largest absolute Gasteiger partial charge is 0.390 e. The predicted molar refractivity (Wildman–Crippen MR) is 58.5 cm³/mol. The zero-order valence-electron chi connectivity index (χ0n) is 9.37. The van der Waals surface area contributed by atoms with Crippen LogP contribution in [0.3, 0.4) is 0 Å². The van der Waals surface area contributed by atoms with E-state index < -0.39 is 0 Å². The monoisotopic (exact) mass is 201 g/mol. The molecule has 4 nitrogen and oxygen atoms in total. The summed E-state index contributed by atoms with van der Waals surface area (Å²) in [6.45, 7) is 5.89. The van der Waals surface area contributed by atoms with E-state index in [1.165, 1.54) is 6.42 Å². The zero-order chi connectivity index (χ0) is 10.4. The van der Waals surface area contributed by atoms with Crippen LogP contribution in [-0.4, -0.2) is 74.4 Å². The first-order valence-electron chi connectivity index (χ1n) is 5.44. The fourth-order valence-electron chi connectivity index (χ4n) is 1.86. The van der Waals surface area contributed by atoms with Crippen molar-refractivity contribution in [2.24, 2.45) is 0 Å². The molecule has 1 aliphatic heterocycles. The smallest absolute Gasteiger partial charge is 0.0793 e. The van der Waals surface area contributed by atoms with Gasteiger partial charge in [0.25, 0.3) is 0 Å². The van der Waals surface area contributed by atoms with Gasteiger partial charge in [0.15, 0.2) is 0 Å². The van der Waals surface area contributed by atoms with Crippen molar-refractivity contribution in [3.63, 3.8) is 0 Å². The van der Waals surface area contributed by atoms with E-state index in [1.807, 2.05) is 19.0 Å². The van der Waals surface area contributed by atoms with Crippen LogP contribution in [-0.2, 0) is 0 Å². The van der Waals surface area contributed by atoms with Gasteiger partial charge in [-0.3, -0.25) is 4.90 Å². The minimum Gasteiger partial charge on any atom is -0.390 e. The molecule has 0 radical (unpaired) electrons. The molecule has 0 unspecified atom stereocenters. The second-order valence-electron chi connectivity index (χ2n) is 4.32. The Balaban J connectivity index is 2.20. The van der Waals surface area contributed by atoms with Gasteiger partial charge in [0.1, 0.15) is 0 Å². The molecule has 1 aliphatic rings. The first-order valence-corrected chi connectivity index (χ1v) is 5.44. The number of hydrogen-bond donors (Lipinski definition) is 2. The quantitative estimate of drug-likeness (QED) is 0.625. The van der Waals surface area contributed by atoms with Crippen LogP contribution in [0.4, 0.5) is 0 Å². The van der Waals surface area contributed by atoms with E-state index in [0.717, 1.165) is 39.3 Å². The van der Waals surface area contributed by atoms with Gasteiger partial charge in [0.2, 0.25) is 0 Å². The third kappa shape index (κ3) is 4.91. The predicted octanol–water partition coefficient (Wildman–Crippen LogP) is -0.796. The summed E-state index contributed by atoms with van der Waals surface area (Å²) in [5.74, 6) is 0. The van der Waals surface area contributed by atoms with Gasteiger partial charge in [-0.25, -0.2) is 0 Å². The van der Waals surface area contributed by atoms with Crippen LogP contribution in [0.5, 0.6) is 0 Å². The average molecular weight is 201 g/mol. The Morgan fingerprint density at radius 3 is 2.86 bits per heavy atom. The molecular weight excluding hydrogens is 178 g/mol. The average Bonchev–Trinajstić information content (AvgIpc) is 2.31. The van der Waals surface area contributed by atoms with E-state index in [1.54, 1.807) is 0 Å². The van der Waals surface area contributed by atoms with Crippen LogP contribution in [0, 0.1) is 0 Å². The molecule has 1 rings (SSSR count). The molecule has 4 heteroatoms. The van der Waals surface area contributed by atoms with Gasteiger partial charge < -0.3 is 15.3 Å². The molecule has 0 spiro atoms. The van der Waals surface area contributed by atoms with Crippen LogP contribution in [0.2, 0.25) is 0 Å². The number of aliphatic hydroxyl groups is 1. The lowest BCUT2D eigenvalue weighted by Crippen LogP contribution is -2.39. The van der Waals surface area contributed by atoms with Gasteiger partial charge in [-0.2, -0.15) is 0 Å². The summed E-state index contributed by atoms with van der Waals surface area (Å²) >= 11 is 0. The number of nitrogens with one attached hydrogen (secondary N) is 1. The van der Waals surface area contributed by atoms with Crippen molar-refractivity contribution in [3.05, 3.63) is 0 Å². The van der Waals surface area contributed by atoms with Crippen molar-refractivity contribution >= 4 is 0 Å². The Kier molecular flexibility index (Phi) is 5.40. The number of β-amino-alcohol motifs (C(OH)–C–C–N with tert-alkyl or cyclic N) is 1. The van der Waals surface area contributed by atoms with Crippen molar-refractivity contribution in [1.82, 2.24) is 15.1 Å². The molecule has 14 heavy (non-hydrogen) atoms. The van der Waals surface area contributed by atoms with E-state index >= 15 is 0 Å². The van der Waals surface area contributed by atoms with E-state index in [4.69, 9.17) is 0 Å². The summed E-state index contributed by atoms with van der Waals surface area (Å²) in [6, 6.07) is 0. The second-order valence-corrected chi connectivity index (χ2v) is 4.32. The Bertz CT molecular complexity index is 144. The van der Waals surface area contributed by atoms with Gasteiger partial charge in [-0.1, -0.05) is 0 Å². The van der Waals surface area contributed by atoms with Crippen LogP contribution in [0.25, 0.3) is 0 Å². The Morgan fingerprint density at radius 1 is 1.36 bits per heavy atom. The summed E-state index contributed by atoms with van der Waals surface area (Å²) in [6.07, 6.45) is 0.970. The molecule has 0 bridgehead atoms. The molecule has 0 amide bonds. The molecule has 0 aliphatic carbocycles. The summed E-state index contributed by atoms with van der Waals surface area (Å²) in [5, 5.41) is 13.1.